The van der Waals surface area contributed by atoms with E-state index in [-0.39, 0.29) is 43.6 Å². The Balaban J connectivity index is 2.40. The summed E-state index contributed by atoms with van der Waals surface area (Å²) in [6, 6.07) is 2.11. The highest BCUT2D eigenvalue weighted by atomic mass is 35.5. The number of benzene rings is 1. The van der Waals surface area contributed by atoms with E-state index in [0.29, 0.717) is 0 Å². The van der Waals surface area contributed by atoms with Crippen molar-refractivity contribution in [2.24, 2.45) is 0 Å². The molecule has 0 aliphatic carbocycles. The molecule has 0 aliphatic heterocycles. The molecule has 3 aromatic rings. The van der Waals surface area contributed by atoms with Crippen LogP contribution in [0.3, 0.4) is 0 Å². The number of H-pyrrole nitrogens is 2. The van der Waals surface area contributed by atoms with Gasteiger partial charge in [-0.15, -0.1) is 23.1 Å². The molecule has 3 rings (SSSR count). The lowest BCUT2D eigenvalue weighted by molar-refractivity contribution is -0.137. The highest BCUT2D eigenvalue weighted by molar-refractivity contribution is 7.99. The Morgan fingerprint density at radius 2 is 2.03 bits per heavy atom. The molecule has 3 N–H and O–H groups in total. The fourth-order valence-corrected chi connectivity index (χ4v) is 5.17. The van der Waals surface area contributed by atoms with Crippen LogP contribution in [-0.4, -0.2) is 40.6 Å². The molecule has 12 heteroatoms. The number of thioether (sulfide) groups is 1. The van der Waals surface area contributed by atoms with Gasteiger partial charge in [0.2, 0.25) is 0 Å². The van der Waals surface area contributed by atoms with Gasteiger partial charge in [0.25, 0.3) is 5.56 Å². The third-order valence-corrected chi connectivity index (χ3v) is 6.59. The normalized spacial score (nSPS) is 13.2. The number of aromatic nitrogens is 2. The SMILES string of the molecule is COC(CO)CSc1c(-c2cc(Cl)cs2)c(C(F)(F)F)cc2c(=O)[nH]c(=O)[nH]c12. The van der Waals surface area contributed by atoms with Crippen molar-refractivity contribution < 1.29 is 23.0 Å². The van der Waals surface area contributed by atoms with Crippen molar-refractivity contribution >= 4 is 45.6 Å². The first-order valence-electron chi connectivity index (χ1n) is 8.07. The smallest absolute Gasteiger partial charge is 0.394 e. The zero-order chi connectivity index (χ0) is 21.3. The second kappa shape index (κ2) is 8.52. The zero-order valence-electron chi connectivity index (χ0n) is 14.7. The van der Waals surface area contributed by atoms with E-state index >= 15 is 0 Å². The lowest BCUT2D eigenvalue weighted by Gasteiger charge is -2.19. The molecule has 0 amide bonds. The number of aliphatic hydroxyl groups excluding tert-OH is 1. The van der Waals surface area contributed by atoms with Crippen LogP contribution in [0.5, 0.6) is 0 Å². The van der Waals surface area contributed by atoms with E-state index in [4.69, 9.17) is 16.3 Å². The van der Waals surface area contributed by atoms with Gasteiger partial charge in [-0.25, -0.2) is 4.79 Å². The number of thiophene rings is 1. The number of ether oxygens (including phenoxy) is 1. The van der Waals surface area contributed by atoms with Crippen LogP contribution in [0.2, 0.25) is 5.02 Å². The lowest BCUT2D eigenvalue weighted by atomic mass is 10.0. The number of methoxy groups -OCH3 is 1. The predicted molar refractivity (Wildman–Crippen MR) is 107 cm³/mol. The number of fused-ring (bicyclic) bond motifs is 1. The number of rotatable bonds is 6. The standard InChI is InChI=1S/C17H14ClF3N2O4S2/c1-27-8(4-24)6-29-14-12(11-2-7(18)5-28-11)10(17(19,20)21)3-9-13(14)22-16(26)23-15(9)25/h2-3,5,8,24H,4,6H2,1H3,(H2,22,23,25,26). The first kappa shape index (κ1) is 21.9. The molecular weight excluding hydrogens is 453 g/mol. The van der Waals surface area contributed by atoms with Crippen molar-refractivity contribution in [3.8, 4) is 10.4 Å². The first-order chi connectivity index (χ1) is 13.7. The maximum Gasteiger partial charge on any atom is 0.417 e. The Hall–Kier alpha value is -1.79. The van der Waals surface area contributed by atoms with Crippen molar-refractivity contribution in [1.82, 2.24) is 9.97 Å². The van der Waals surface area contributed by atoms with E-state index in [1.54, 1.807) is 0 Å². The fourth-order valence-electron chi connectivity index (χ4n) is 2.70. The van der Waals surface area contributed by atoms with Crippen LogP contribution in [0.1, 0.15) is 5.56 Å². The van der Waals surface area contributed by atoms with Crippen molar-refractivity contribution in [2.75, 3.05) is 19.5 Å². The molecule has 1 aromatic carbocycles. The van der Waals surface area contributed by atoms with Crippen molar-refractivity contribution in [2.45, 2.75) is 17.2 Å². The first-order valence-corrected chi connectivity index (χ1v) is 10.3. The molecule has 1 unspecified atom stereocenters. The lowest BCUT2D eigenvalue weighted by Crippen LogP contribution is -2.23. The Labute approximate surface area is 174 Å². The maximum atomic E-state index is 13.9. The highest BCUT2D eigenvalue weighted by Gasteiger charge is 2.37. The Morgan fingerprint density at radius 1 is 1.31 bits per heavy atom. The number of aliphatic hydroxyl groups is 1. The van der Waals surface area contributed by atoms with Gasteiger partial charge in [-0.3, -0.25) is 9.78 Å². The highest BCUT2D eigenvalue weighted by Crippen LogP contribution is 2.47. The van der Waals surface area contributed by atoms with Gasteiger partial charge >= 0.3 is 11.9 Å². The van der Waals surface area contributed by atoms with Crippen LogP contribution in [0.25, 0.3) is 21.3 Å². The second-order valence-corrected chi connectivity index (χ2v) is 8.32. The van der Waals surface area contributed by atoms with E-state index in [1.807, 2.05) is 4.98 Å². The van der Waals surface area contributed by atoms with Gasteiger partial charge in [-0.05, 0) is 12.1 Å². The molecule has 29 heavy (non-hydrogen) atoms. The maximum absolute atomic E-state index is 13.9. The number of aromatic amines is 2. The predicted octanol–water partition coefficient (Wildman–Crippen LogP) is 3.72. The Bertz CT molecular complexity index is 1150. The molecule has 0 spiro atoms. The molecule has 2 heterocycles. The summed E-state index contributed by atoms with van der Waals surface area (Å²) in [7, 11) is 1.36. The van der Waals surface area contributed by atoms with Gasteiger partial charge in [0.1, 0.15) is 0 Å². The van der Waals surface area contributed by atoms with E-state index in [1.165, 1.54) is 18.6 Å². The minimum Gasteiger partial charge on any atom is -0.394 e. The van der Waals surface area contributed by atoms with Crippen LogP contribution in [0.15, 0.2) is 32.0 Å². The zero-order valence-corrected chi connectivity index (χ0v) is 17.1. The van der Waals surface area contributed by atoms with E-state index in [9.17, 15) is 27.9 Å². The van der Waals surface area contributed by atoms with Gasteiger partial charge in [-0.2, -0.15) is 13.2 Å². The minimum atomic E-state index is -4.77. The number of halogens is 4. The number of alkyl halides is 3. The van der Waals surface area contributed by atoms with E-state index < -0.39 is 29.1 Å². The molecule has 0 aliphatic rings. The molecular formula is C17H14ClF3N2O4S2. The van der Waals surface area contributed by atoms with Crippen molar-refractivity contribution in [3.05, 3.63) is 48.9 Å². The number of nitrogens with one attached hydrogen (secondary N) is 2. The molecule has 1 atom stereocenters. The van der Waals surface area contributed by atoms with Crippen molar-refractivity contribution in [1.29, 1.82) is 0 Å². The molecule has 0 bridgehead atoms. The van der Waals surface area contributed by atoms with Crippen LogP contribution in [0, 0.1) is 0 Å². The summed E-state index contributed by atoms with van der Waals surface area (Å²) >= 11 is 7.87. The summed E-state index contributed by atoms with van der Waals surface area (Å²) in [6.07, 6.45) is -5.42. The third-order valence-electron chi connectivity index (χ3n) is 4.06. The van der Waals surface area contributed by atoms with E-state index in [0.717, 1.165) is 29.2 Å². The summed E-state index contributed by atoms with van der Waals surface area (Å²) in [5, 5.41) is 10.8. The van der Waals surface area contributed by atoms with Gasteiger partial charge < -0.3 is 14.8 Å². The Morgan fingerprint density at radius 3 is 2.59 bits per heavy atom. The average molecular weight is 467 g/mol. The van der Waals surface area contributed by atoms with Gasteiger partial charge in [-0.1, -0.05) is 11.6 Å². The largest absolute Gasteiger partial charge is 0.417 e. The molecule has 6 nitrogen and oxygen atoms in total. The molecule has 0 saturated heterocycles. The second-order valence-electron chi connectivity index (χ2n) is 5.94. The monoisotopic (exact) mass is 466 g/mol. The van der Waals surface area contributed by atoms with Crippen LogP contribution in [-0.2, 0) is 10.9 Å². The van der Waals surface area contributed by atoms with Gasteiger partial charge in [0.05, 0.1) is 34.2 Å². The summed E-state index contributed by atoms with van der Waals surface area (Å²) < 4.78 is 46.8. The summed E-state index contributed by atoms with van der Waals surface area (Å²) in [5.41, 5.74) is -3.02. The molecule has 2 aromatic heterocycles. The summed E-state index contributed by atoms with van der Waals surface area (Å²) in [6.45, 7) is -0.350. The molecule has 0 radical (unpaired) electrons. The van der Waals surface area contributed by atoms with Crippen LogP contribution in [0.4, 0.5) is 13.2 Å². The third kappa shape index (κ3) is 4.53. The Kier molecular flexibility index (Phi) is 6.44. The fraction of sp³-hybridized carbons (Fsp3) is 0.294. The van der Waals surface area contributed by atoms with Crippen molar-refractivity contribution in [3.63, 3.8) is 0 Å². The van der Waals surface area contributed by atoms with Crippen LogP contribution < -0.4 is 11.2 Å². The number of hydrogen-bond donors (Lipinski definition) is 3. The van der Waals surface area contributed by atoms with Gasteiger partial charge in [0.15, 0.2) is 0 Å². The number of hydrogen-bond acceptors (Lipinski definition) is 6. The van der Waals surface area contributed by atoms with Gasteiger partial charge in [0, 0.05) is 33.6 Å². The molecule has 0 saturated carbocycles. The minimum absolute atomic E-state index is 0.0240. The summed E-state index contributed by atoms with van der Waals surface area (Å²) in [5.74, 6) is 0.0876. The topological polar surface area (TPSA) is 95.2 Å². The summed E-state index contributed by atoms with van der Waals surface area (Å²) in [4.78, 5) is 28.7. The van der Waals surface area contributed by atoms with Crippen LogP contribution >= 0.6 is 34.7 Å². The quantitative estimate of drug-likeness (QED) is 0.481. The average Bonchev–Trinajstić information content (AvgIpc) is 3.07. The van der Waals surface area contributed by atoms with E-state index in [2.05, 4.69) is 4.98 Å². The molecule has 0 fully saturated rings. The molecule has 156 valence electrons.